The summed E-state index contributed by atoms with van der Waals surface area (Å²) in [5, 5.41) is 0.606. The predicted octanol–water partition coefficient (Wildman–Crippen LogP) is 4.48. The van der Waals surface area contributed by atoms with Crippen molar-refractivity contribution in [1.29, 1.82) is 0 Å². The van der Waals surface area contributed by atoms with Crippen LogP contribution in [-0.4, -0.2) is 59.7 Å². The molecular formula is C28H35ClN4O3. The van der Waals surface area contributed by atoms with Crippen LogP contribution in [-0.2, 0) is 28.9 Å². The summed E-state index contributed by atoms with van der Waals surface area (Å²) < 4.78 is 13.1. The van der Waals surface area contributed by atoms with E-state index in [0.717, 1.165) is 73.7 Å². The Kier molecular flexibility index (Phi) is 8.34. The molecule has 1 aromatic heterocycles. The number of carbonyl (C=O) groups is 1. The number of fused-ring (bicyclic) bond motifs is 1. The van der Waals surface area contributed by atoms with Crippen molar-refractivity contribution in [3.8, 4) is 5.75 Å². The molecule has 0 amide bonds. The maximum Gasteiger partial charge on any atom is 0.162 e. The molecule has 0 saturated carbocycles. The number of aromatic nitrogens is 2. The van der Waals surface area contributed by atoms with E-state index in [1.54, 1.807) is 21.0 Å². The second-order valence-electron chi connectivity index (χ2n) is 9.42. The fourth-order valence-corrected chi connectivity index (χ4v) is 5.24. The number of imidazole rings is 1. The average Bonchev–Trinajstić information content (AvgIpc) is 3.19. The van der Waals surface area contributed by atoms with Gasteiger partial charge in [-0.05, 0) is 62.6 Å². The first kappa shape index (κ1) is 26.2. The van der Waals surface area contributed by atoms with Crippen molar-refractivity contribution in [1.82, 2.24) is 14.5 Å². The number of carbonyl (C=O) groups excluding carboxylic acids is 1. The lowest BCUT2D eigenvalue weighted by Crippen LogP contribution is -2.44. The predicted molar refractivity (Wildman–Crippen MR) is 144 cm³/mol. The Balaban J connectivity index is 1.68. The molecule has 0 radical (unpaired) electrons. The van der Waals surface area contributed by atoms with Crippen LogP contribution in [0.15, 0.2) is 42.1 Å². The maximum absolute atomic E-state index is 12.2. The summed E-state index contributed by atoms with van der Waals surface area (Å²) in [4.78, 5) is 19.7. The van der Waals surface area contributed by atoms with Gasteiger partial charge in [-0.3, -0.25) is 9.69 Å². The molecule has 8 heteroatoms. The summed E-state index contributed by atoms with van der Waals surface area (Å²) in [6.45, 7) is 9.77. The fraction of sp³-hybridized carbons (Fsp3) is 0.429. The molecule has 2 N–H and O–H groups in total. The van der Waals surface area contributed by atoms with Gasteiger partial charge >= 0.3 is 0 Å². The van der Waals surface area contributed by atoms with Crippen molar-refractivity contribution >= 4 is 34.0 Å². The van der Waals surface area contributed by atoms with Gasteiger partial charge in [0.15, 0.2) is 5.78 Å². The minimum absolute atomic E-state index is 0.0497. The molecule has 1 aliphatic heterocycles. The number of morpholine rings is 1. The summed E-state index contributed by atoms with van der Waals surface area (Å²) in [5.74, 6) is 1.63. The highest BCUT2D eigenvalue weighted by molar-refractivity contribution is 6.32. The number of hydrogen-bond acceptors (Lipinski definition) is 6. The molecule has 192 valence electrons. The average molecular weight is 511 g/mol. The van der Waals surface area contributed by atoms with E-state index in [2.05, 4.69) is 22.5 Å². The van der Waals surface area contributed by atoms with Gasteiger partial charge in [0.25, 0.3) is 0 Å². The van der Waals surface area contributed by atoms with Gasteiger partial charge in [-0.15, -0.1) is 0 Å². The topological polar surface area (TPSA) is 82.6 Å². The van der Waals surface area contributed by atoms with E-state index in [1.807, 2.05) is 30.3 Å². The van der Waals surface area contributed by atoms with Gasteiger partial charge in [0.05, 0.1) is 36.4 Å². The number of allylic oxidation sites excluding steroid dienone is 2. The van der Waals surface area contributed by atoms with Gasteiger partial charge in [0.2, 0.25) is 0 Å². The van der Waals surface area contributed by atoms with E-state index in [4.69, 9.17) is 31.8 Å². The van der Waals surface area contributed by atoms with Crippen LogP contribution >= 0.6 is 11.6 Å². The lowest BCUT2D eigenvalue weighted by Gasteiger charge is -2.32. The van der Waals surface area contributed by atoms with Crippen molar-refractivity contribution in [2.24, 2.45) is 5.73 Å². The Bertz CT molecular complexity index is 1270. The Morgan fingerprint density at radius 1 is 1.17 bits per heavy atom. The lowest BCUT2D eigenvalue weighted by atomic mass is 10.0. The molecule has 3 aromatic rings. The van der Waals surface area contributed by atoms with Gasteiger partial charge < -0.3 is 19.8 Å². The molecule has 7 nitrogen and oxygen atoms in total. The Morgan fingerprint density at radius 2 is 1.92 bits per heavy atom. The molecule has 1 fully saturated rings. The number of ether oxygens (including phenoxy) is 2. The highest BCUT2D eigenvalue weighted by atomic mass is 35.5. The van der Waals surface area contributed by atoms with Gasteiger partial charge in [-0.1, -0.05) is 23.7 Å². The van der Waals surface area contributed by atoms with Crippen molar-refractivity contribution in [3.63, 3.8) is 0 Å². The Hall–Kier alpha value is -2.87. The molecule has 36 heavy (non-hydrogen) atoms. The number of nitrogens with two attached hydrogens (primary N) is 1. The van der Waals surface area contributed by atoms with Crippen LogP contribution < -0.4 is 10.5 Å². The Labute approximate surface area is 217 Å². The minimum Gasteiger partial charge on any atom is -0.495 e. The second-order valence-corrected chi connectivity index (χ2v) is 9.83. The van der Waals surface area contributed by atoms with Crippen molar-refractivity contribution in [3.05, 3.63) is 64.1 Å². The van der Waals surface area contributed by atoms with Crippen molar-refractivity contribution in [2.75, 3.05) is 33.4 Å². The zero-order valence-corrected chi connectivity index (χ0v) is 22.3. The number of methoxy groups -OCH3 is 1. The molecule has 2 heterocycles. The lowest BCUT2D eigenvalue weighted by molar-refractivity contribution is -0.111. The van der Waals surface area contributed by atoms with Gasteiger partial charge in [0, 0.05) is 43.4 Å². The molecule has 1 aliphatic rings. The smallest absolute Gasteiger partial charge is 0.162 e. The monoisotopic (exact) mass is 510 g/mol. The minimum atomic E-state index is -0.0497. The standard InChI is InChI=1S/C28H35ClN4O3/c1-18(32-11-13-36-14-12-32)17-33-25-8-7-22(28(19(2)30)20(3)34)16-24(25)31-27(33)10-6-21-5-9-26(35-4)23(29)15-21/h5,7-9,15-16,18H,6,10-14,17,30H2,1-4H3. The fourth-order valence-electron chi connectivity index (χ4n) is 4.96. The van der Waals surface area contributed by atoms with E-state index in [-0.39, 0.29) is 5.78 Å². The summed E-state index contributed by atoms with van der Waals surface area (Å²) in [6.07, 6.45) is 1.56. The third kappa shape index (κ3) is 5.75. The molecule has 0 spiro atoms. The normalized spacial score (nSPS) is 16.1. The Morgan fingerprint density at radius 3 is 2.56 bits per heavy atom. The zero-order valence-electron chi connectivity index (χ0n) is 21.5. The third-order valence-corrected chi connectivity index (χ3v) is 7.13. The van der Waals surface area contributed by atoms with Crippen molar-refractivity contribution < 1.29 is 14.3 Å². The number of benzene rings is 2. The summed E-state index contributed by atoms with van der Waals surface area (Å²) >= 11 is 6.36. The molecule has 1 atom stereocenters. The molecule has 4 rings (SSSR count). The number of Topliss-reactive ketones (excluding diaryl/α,β-unsaturated/α-hetero) is 1. The number of hydrogen-bond donors (Lipinski definition) is 1. The van der Waals surface area contributed by atoms with Crippen LogP contribution in [0.2, 0.25) is 5.02 Å². The van der Waals surface area contributed by atoms with Crippen LogP contribution in [0.1, 0.15) is 37.7 Å². The SMILES string of the molecule is COc1ccc(CCc2nc3cc(C(C(C)=O)=C(C)N)ccc3n2CC(C)N2CCOCC2)cc1Cl. The highest BCUT2D eigenvalue weighted by Crippen LogP contribution is 2.28. The van der Waals surface area contributed by atoms with E-state index in [1.165, 1.54) is 0 Å². The number of rotatable bonds is 9. The number of ketones is 1. The van der Waals surface area contributed by atoms with Crippen molar-refractivity contribution in [2.45, 2.75) is 46.2 Å². The molecule has 1 unspecified atom stereocenters. The van der Waals surface area contributed by atoms with E-state index < -0.39 is 0 Å². The maximum atomic E-state index is 12.2. The molecule has 0 bridgehead atoms. The first-order valence-electron chi connectivity index (χ1n) is 12.4. The highest BCUT2D eigenvalue weighted by Gasteiger charge is 2.21. The molecule has 1 saturated heterocycles. The quantitative estimate of drug-likeness (QED) is 0.427. The number of aryl methyl sites for hydroxylation is 2. The summed E-state index contributed by atoms with van der Waals surface area (Å²) in [6, 6.07) is 12.2. The molecule has 0 aliphatic carbocycles. The summed E-state index contributed by atoms with van der Waals surface area (Å²) in [5.41, 5.74) is 10.9. The van der Waals surface area contributed by atoms with Gasteiger partial charge in [0.1, 0.15) is 11.6 Å². The number of nitrogens with zero attached hydrogens (tertiary/aromatic N) is 3. The van der Waals surface area contributed by atoms with Crippen LogP contribution in [0.25, 0.3) is 16.6 Å². The molecule has 2 aromatic carbocycles. The summed E-state index contributed by atoms with van der Waals surface area (Å²) in [7, 11) is 1.62. The van der Waals surface area contributed by atoms with Gasteiger partial charge in [-0.25, -0.2) is 4.98 Å². The van der Waals surface area contributed by atoms with Crippen LogP contribution in [0.3, 0.4) is 0 Å². The third-order valence-electron chi connectivity index (χ3n) is 6.83. The van der Waals surface area contributed by atoms with Gasteiger partial charge in [-0.2, -0.15) is 0 Å². The number of halogens is 1. The van der Waals surface area contributed by atoms with E-state index in [9.17, 15) is 4.79 Å². The van der Waals surface area contributed by atoms with E-state index >= 15 is 0 Å². The zero-order chi connectivity index (χ0) is 25.8. The first-order chi connectivity index (χ1) is 17.3. The van der Waals surface area contributed by atoms with Crippen LogP contribution in [0.4, 0.5) is 0 Å². The first-order valence-corrected chi connectivity index (χ1v) is 12.8. The van der Waals surface area contributed by atoms with E-state index in [0.29, 0.717) is 28.1 Å². The molecular weight excluding hydrogens is 476 g/mol. The van der Waals surface area contributed by atoms with Crippen LogP contribution in [0.5, 0.6) is 5.75 Å². The second kappa shape index (κ2) is 11.5. The largest absolute Gasteiger partial charge is 0.495 e. The van der Waals surface area contributed by atoms with Crippen LogP contribution in [0, 0.1) is 0 Å².